The van der Waals surface area contributed by atoms with Gasteiger partial charge in [0.2, 0.25) is 5.91 Å². The van der Waals surface area contributed by atoms with Crippen molar-refractivity contribution >= 4 is 34.8 Å². The summed E-state index contributed by atoms with van der Waals surface area (Å²) in [5.74, 6) is 0.407. The lowest BCUT2D eigenvalue weighted by Crippen LogP contribution is -2.49. The first-order chi connectivity index (χ1) is 10.0. The number of likely N-dealkylation sites (N-methyl/N-ethyl adjacent to an activating group) is 1. The van der Waals surface area contributed by atoms with Crippen LogP contribution in [0.5, 0.6) is 0 Å². The van der Waals surface area contributed by atoms with Crippen LogP contribution in [0.15, 0.2) is 30.3 Å². The van der Waals surface area contributed by atoms with Crippen molar-refractivity contribution in [3.63, 3.8) is 0 Å². The molecule has 0 N–H and O–H groups in total. The summed E-state index contributed by atoms with van der Waals surface area (Å²) in [6.07, 6.45) is 2.06. The second-order valence-corrected chi connectivity index (χ2v) is 6.70. The summed E-state index contributed by atoms with van der Waals surface area (Å²) in [7, 11) is 4.09. The van der Waals surface area contributed by atoms with Crippen LogP contribution in [0.4, 0.5) is 5.69 Å². The molecule has 5 heteroatoms. The van der Waals surface area contributed by atoms with E-state index in [1.165, 1.54) is 0 Å². The molecule has 1 amide bonds. The van der Waals surface area contributed by atoms with Crippen LogP contribution in [0.25, 0.3) is 0 Å². The van der Waals surface area contributed by atoms with Crippen molar-refractivity contribution in [3.8, 4) is 0 Å². The van der Waals surface area contributed by atoms with Crippen LogP contribution < -0.4 is 4.90 Å². The number of nitrogens with zero attached hydrogens (tertiary/aromatic N) is 2. The van der Waals surface area contributed by atoms with Gasteiger partial charge in [0.05, 0.1) is 6.04 Å². The first-order valence-electron chi connectivity index (χ1n) is 7.28. The Morgan fingerprint density at radius 3 is 2.38 bits per heavy atom. The highest BCUT2D eigenvalue weighted by Crippen LogP contribution is 2.34. The number of anilines is 1. The maximum Gasteiger partial charge on any atom is 0.228 e. The average Bonchev–Trinajstić information content (AvgIpc) is 2.82. The summed E-state index contributed by atoms with van der Waals surface area (Å²) in [4.78, 5) is 16.6. The molecule has 1 saturated carbocycles. The fourth-order valence-corrected chi connectivity index (χ4v) is 3.60. The summed E-state index contributed by atoms with van der Waals surface area (Å²) < 4.78 is 0. The molecular formula is C16H22Cl2N2O. The van der Waals surface area contributed by atoms with Gasteiger partial charge in [0, 0.05) is 29.4 Å². The Morgan fingerprint density at radius 1 is 1.19 bits per heavy atom. The fourth-order valence-electron chi connectivity index (χ4n) is 3.08. The van der Waals surface area contributed by atoms with Gasteiger partial charge in [0.15, 0.2) is 0 Å². The number of benzene rings is 1. The highest BCUT2D eigenvalue weighted by Gasteiger charge is 2.40. The van der Waals surface area contributed by atoms with Gasteiger partial charge in [-0.1, -0.05) is 18.2 Å². The predicted octanol–water partition coefficient (Wildman–Crippen LogP) is 3.35. The van der Waals surface area contributed by atoms with E-state index in [1.807, 2.05) is 49.3 Å². The molecule has 1 aliphatic rings. The Hall–Kier alpha value is -0.770. The van der Waals surface area contributed by atoms with Gasteiger partial charge < -0.3 is 9.80 Å². The van der Waals surface area contributed by atoms with Crippen LogP contribution in [-0.2, 0) is 4.79 Å². The van der Waals surface area contributed by atoms with E-state index < -0.39 is 0 Å². The summed E-state index contributed by atoms with van der Waals surface area (Å²) in [6, 6.07) is 10.2. The summed E-state index contributed by atoms with van der Waals surface area (Å²) in [5.41, 5.74) is 0.926. The summed E-state index contributed by atoms with van der Waals surface area (Å²) in [6.45, 7) is 0. The number of carbonyl (C=O) groups is 1. The smallest absolute Gasteiger partial charge is 0.228 e. The second kappa shape index (κ2) is 7.48. The number of alkyl halides is 2. The molecule has 116 valence electrons. The Balaban J connectivity index is 2.33. The van der Waals surface area contributed by atoms with Crippen LogP contribution in [0.3, 0.4) is 0 Å². The number of para-hydroxylation sites is 1. The van der Waals surface area contributed by atoms with Crippen molar-refractivity contribution < 1.29 is 4.79 Å². The lowest BCUT2D eigenvalue weighted by atomic mass is 10.1. The van der Waals surface area contributed by atoms with Crippen LogP contribution in [-0.4, -0.2) is 48.2 Å². The Kier molecular flexibility index (Phi) is 5.91. The van der Waals surface area contributed by atoms with Crippen molar-refractivity contribution in [3.05, 3.63) is 30.3 Å². The van der Waals surface area contributed by atoms with Crippen molar-refractivity contribution in [2.45, 2.75) is 36.7 Å². The summed E-state index contributed by atoms with van der Waals surface area (Å²) in [5, 5.41) is 0.109. The molecular weight excluding hydrogens is 307 g/mol. The second-order valence-electron chi connectivity index (χ2n) is 5.71. The van der Waals surface area contributed by atoms with Crippen molar-refractivity contribution in [2.24, 2.45) is 0 Å². The Morgan fingerprint density at radius 2 is 1.81 bits per heavy atom. The zero-order chi connectivity index (χ0) is 15.4. The number of hydrogen-bond donors (Lipinski definition) is 0. The third kappa shape index (κ3) is 3.91. The van der Waals surface area contributed by atoms with Gasteiger partial charge in [-0.05, 0) is 39.1 Å². The molecule has 1 aliphatic carbocycles. The molecule has 1 aromatic carbocycles. The zero-order valence-electron chi connectivity index (χ0n) is 12.5. The molecule has 2 rings (SSSR count). The van der Waals surface area contributed by atoms with E-state index in [1.54, 1.807) is 0 Å². The van der Waals surface area contributed by atoms with E-state index in [2.05, 4.69) is 4.90 Å². The minimum atomic E-state index is 0.0683. The quantitative estimate of drug-likeness (QED) is 0.774. The number of hydrogen-bond acceptors (Lipinski definition) is 2. The van der Waals surface area contributed by atoms with Gasteiger partial charge >= 0.3 is 0 Å². The van der Waals surface area contributed by atoms with Gasteiger partial charge in [-0.25, -0.2) is 0 Å². The molecule has 1 unspecified atom stereocenters. The van der Waals surface area contributed by atoms with E-state index in [9.17, 15) is 4.79 Å². The zero-order valence-corrected chi connectivity index (χ0v) is 14.0. The topological polar surface area (TPSA) is 23.6 Å². The molecule has 21 heavy (non-hydrogen) atoms. The van der Waals surface area contributed by atoms with Gasteiger partial charge in [0.1, 0.15) is 0 Å². The van der Waals surface area contributed by atoms with Crippen LogP contribution in [0.2, 0.25) is 0 Å². The third-order valence-electron chi connectivity index (χ3n) is 4.04. The van der Waals surface area contributed by atoms with Crippen molar-refractivity contribution in [2.75, 3.05) is 24.9 Å². The largest absolute Gasteiger partial charge is 0.308 e. The van der Waals surface area contributed by atoms with E-state index >= 15 is 0 Å². The Labute approximate surface area is 136 Å². The van der Waals surface area contributed by atoms with E-state index in [0.717, 1.165) is 18.5 Å². The van der Waals surface area contributed by atoms with Crippen LogP contribution >= 0.6 is 23.2 Å². The lowest BCUT2D eigenvalue weighted by molar-refractivity contribution is -0.118. The molecule has 0 radical (unpaired) electrons. The molecule has 0 bridgehead atoms. The number of amides is 1. The molecule has 0 heterocycles. The highest BCUT2D eigenvalue weighted by molar-refractivity contribution is 6.21. The fraction of sp³-hybridized carbons (Fsp3) is 0.562. The molecule has 3 atom stereocenters. The molecule has 1 fully saturated rings. The highest BCUT2D eigenvalue weighted by atomic mass is 35.5. The van der Waals surface area contributed by atoms with Gasteiger partial charge in [0.25, 0.3) is 0 Å². The maximum atomic E-state index is 12.6. The SMILES string of the molecule is CN(C)[C@H]1CC(Cl)C[C@H]1N(C(=O)CCCl)c1ccccc1. The van der Waals surface area contributed by atoms with Gasteiger partial charge in [-0.3, -0.25) is 4.79 Å². The molecule has 0 aliphatic heterocycles. The van der Waals surface area contributed by atoms with Crippen LogP contribution in [0, 0.1) is 0 Å². The predicted molar refractivity (Wildman–Crippen MR) is 89.4 cm³/mol. The Bertz CT molecular complexity index is 467. The van der Waals surface area contributed by atoms with E-state index in [4.69, 9.17) is 23.2 Å². The standard InChI is InChI=1S/C16H22Cl2N2O/c1-19(2)14-10-12(18)11-15(14)20(16(21)8-9-17)13-6-4-3-5-7-13/h3-7,12,14-15H,8-11H2,1-2H3/t12?,14-,15+/m0/s1. The third-order valence-corrected chi connectivity index (χ3v) is 4.59. The molecule has 0 saturated heterocycles. The number of halogens is 2. The number of carbonyl (C=O) groups excluding carboxylic acids is 1. The first-order valence-corrected chi connectivity index (χ1v) is 8.25. The molecule has 1 aromatic rings. The lowest BCUT2D eigenvalue weighted by Gasteiger charge is -2.36. The van der Waals surface area contributed by atoms with Gasteiger partial charge in [-0.15, -0.1) is 23.2 Å². The number of rotatable bonds is 5. The minimum Gasteiger partial charge on any atom is -0.308 e. The summed E-state index contributed by atoms with van der Waals surface area (Å²) >= 11 is 12.1. The normalized spacial score (nSPS) is 25.3. The van der Waals surface area contributed by atoms with E-state index in [-0.39, 0.29) is 23.4 Å². The monoisotopic (exact) mass is 328 g/mol. The minimum absolute atomic E-state index is 0.0683. The van der Waals surface area contributed by atoms with Crippen molar-refractivity contribution in [1.29, 1.82) is 0 Å². The van der Waals surface area contributed by atoms with Crippen molar-refractivity contribution in [1.82, 2.24) is 4.90 Å². The van der Waals surface area contributed by atoms with E-state index in [0.29, 0.717) is 12.3 Å². The van der Waals surface area contributed by atoms with Crippen LogP contribution in [0.1, 0.15) is 19.3 Å². The molecule has 0 aromatic heterocycles. The first kappa shape index (κ1) is 16.6. The van der Waals surface area contributed by atoms with Gasteiger partial charge in [-0.2, -0.15) is 0 Å². The maximum absolute atomic E-state index is 12.6. The molecule has 0 spiro atoms. The average molecular weight is 329 g/mol. The molecule has 3 nitrogen and oxygen atoms in total.